The number of likely N-dealkylation sites (tertiary alicyclic amines) is 1. The van der Waals surface area contributed by atoms with Crippen molar-refractivity contribution in [2.45, 2.75) is 19.8 Å². The molecule has 3 rings (SSSR count). The number of pyridine rings is 1. The van der Waals surface area contributed by atoms with Gasteiger partial charge in [0.1, 0.15) is 11.5 Å². The fourth-order valence-electron chi connectivity index (χ4n) is 3.72. The van der Waals surface area contributed by atoms with Gasteiger partial charge in [-0.1, -0.05) is 58.4 Å². The minimum Gasteiger partial charge on any atom is -0.390 e. The molecule has 0 atom stereocenters. The van der Waals surface area contributed by atoms with Gasteiger partial charge < -0.3 is 16.4 Å². The van der Waals surface area contributed by atoms with Crippen LogP contribution in [0.25, 0.3) is 16.8 Å². The van der Waals surface area contributed by atoms with E-state index in [1.807, 2.05) is 48.7 Å². The number of amides is 1. The van der Waals surface area contributed by atoms with Gasteiger partial charge in [0.15, 0.2) is 0 Å². The molecule has 0 radical (unpaired) electrons. The number of hydrogen-bond acceptors (Lipinski definition) is 7. The van der Waals surface area contributed by atoms with Crippen molar-refractivity contribution in [2.24, 2.45) is 32.5 Å². The van der Waals surface area contributed by atoms with E-state index in [0.717, 1.165) is 41.6 Å². The van der Waals surface area contributed by atoms with E-state index in [1.165, 1.54) is 0 Å². The van der Waals surface area contributed by atoms with Crippen LogP contribution in [0.15, 0.2) is 92.5 Å². The average Bonchev–Trinajstić information content (AvgIpc) is 2.95. The minimum absolute atomic E-state index is 0.103. The fourth-order valence-corrected chi connectivity index (χ4v) is 3.82. The van der Waals surface area contributed by atoms with Crippen molar-refractivity contribution >= 4 is 46.2 Å². The van der Waals surface area contributed by atoms with E-state index in [9.17, 15) is 4.79 Å². The third kappa shape index (κ3) is 8.25. The highest BCUT2D eigenvalue weighted by atomic mass is 79.9. The van der Waals surface area contributed by atoms with Crippen LogP contribution in [-0.4, -0.2) is 47.6 Å². The first-order valence-electron chi connectivity index (χ1n) is 11.9. The number of hydrogen-bond donors (Lipinski definition) is 3. The number of aromatic nitrogens is 1. The molecule has 1 saturated heterocycles. The number of allylic oxidation sites excluding steroid dienone is 2. The zero-order valence-corrected chi connectivity index (χ0v) is 22.3. The van der Waals surface area contributed by atoms with Gasteiger partial charge in [-0.25, -0.2) is 4.99 Å². The standard InChI is InChI=1S/C27H31BrN8O/c1-2-24(33-19-29)27(37)36-12-10-20(11-13-36)15-31-16-23(18-34-35-26(30)14-28)22-8-9-25(32-17-22)21-6-4-3-5-7-21/h2-9,14-20,35H,10-13,30H2,1H3,(H2,29,33)/b23-16-,24-2-,26-14+,31-15?,34-18-. The summed E-state index contributed by atoms with van der Waals surface area (Å²) in [6.45, 7) is 3.05. The van der Waals surface area contributed by atoms with E-state index in [-0.39, 0.29) is 11.8 Å². The minimum atomic E-state index is -0.103. The molecule has 1 fully saturated rings. The number of benzene rings is 1. The molecule has 1 aliphatic heterocycles. The van der Waals surface area contributed by atoms with Crippen LogP contribution in [0.4, 0.5) is 0 Å². The summed E-state index contributed by atoms with van der Waals surface area (Å²) in [6.07, 6.45) is 11.6. The number of piperidine rings is 1. The lowest BCUT2D eigenvalue weighted by molar-refractivity contribution is -0.128. The molecular formula is C27H31BrN8O. The van der Waals surface area contributed by atoms with Crippen molar-refractivity contribution in [3.8, 4) is 11.3 Å². The van der Waals surface area contributed by atoms with E-state index in [2.05, 4.69) is 41.4 Å². The molecule has 2 heterocycles. The number of rotatable bonds is 9. The molecule has 37 heavy (non-hydrogen) atoms. The first-order valence-corrected chi connectivity index (χ1v) is 12.8. The lowest BCUT2D eigenvalue weighted by Crippen LogP contribution is -2.39. The molecule has 0 spiro atoms. The largest absolute Gasteiger partial charge is 0.390 e. The molecule has 192 valence electrons. The van der Waals surface area contributed by atoms with Crippen molar-refractivity contribution in [3.05, 3.63) is 83.0 Å². The van der Waals surface area contributed by atoms with Gasteiger partial charge in [-0.05, 0) is 31.7 Å². The maximum absolute atomic E-state index is 12.6. The lowest BCUT2D eigenvalue weighted by atomic mass is 9.98. The molecule has 0 unspecified atom stereocenters. The van der Waals surface area contributed by atoms with Crippen molar-refractivity contribution in [1.82, 2.24) is 15.3 Å². The van der Waals surface area contributed by atoms with Crippen molar-refractivity contribution in [1.29, 1.82) is 0 Å². The average molecular weight is 564 g/mol. The van der Waals surface area contributed by atoms with E-state index < -0.39 is 0 Å². The highest BCUT2D eigenvalue weighted by Crippen LogP contribution is 2.20. The molecule has 2 aromatic rings. The number of hydrazone groups is 1. The fraction of sp³-hybridized carbons (Fsp3) is 0.222. The highest BCUT2D eigenvalue weighted by molar-refractivity contribution is 9.11. The molecule has 0 bridgehead atoms. The number of nitrogens with one attached hydrogen (secondary N) is 1. The first kappa shape index (κ1) is 27.5. The van der Waals surface area contributed by atoms with Crippen molar-refractivity contribution in [3.63, 3.8) is 0 Å². The second kappa shape index (κ2) is 14.5. The summed E-state index contributed by atoms with van der Waals surface area (Å²) in [6, 6.07) is 13.9. The number of aliphatic imine (C=N–C) groups is 2. The Hall–Kier alpha value is -4.05. The van der Waals surface area contributed by atoms with Gasteiger partial charge in [0.05, 0.1) is 18.2 Å². The van der Waals surface area contributed by atoms with Gasteiger partial charge in [0, 0.05) is 53.4 Å². The van der Waals surface area contributed by atoms with E-state index in [1.54, 1.807) is 41.5 Å². The van der Waals surface area contributed by atoms with Gasteiger partial charge >= 0.3 is 0 Å². The molecule has 1 aliphatic rings. The summed E-state index contributed by atoms with van der Waals surface area (Å²) in [5, 5.41) is 4.20. The summed E-state index contributed by atoms with van der Waals surface area (Å²) in [5.74, 6) is 0.527. The Labute approximate surface area is 225 Å². The molecule has 1 aromatic carbocycles. The van der Waals surface area contributed by atoms with Crippen LogP contribution in [0.5, 0.6) is 0 Å². The Morgan fingerprint density at radius 2 is 1.95 bits per heavy atom. The van der Waals surface area contributed by atoms with Gasteiger partial charge in [-0.3, -0.25) is 20.2 Å². The van der Waals surface area contributed by atoms with Gasteiger partial charge in [-0.15, -0.1) is 0 Å². The molecule has 1 amide bonds. The molecule has 0 saturated carbocycles. The predicted octanol–water partition coefficient (Wildman–Crippen LogP) is 4.02. The third-order valence-electron chi connectivity index (χ3n) is 5.72. The molecule has 0 aliphatic carbocycles. The van der Waals surface area contributed by atoms with Crippen LogP contribution < -0.4 is 16.9 Å². The lowest BCUT2D eigenvalue weighted by Gasteiger charge is -2.30. The van der Waals surface area contributed by atoms with Crippen LogP contribution in [0.3, 0.4) is 0 Å². The topological polar surface area (TPSA) is 134 Å². The van der Waals surface area contributed by atoms with Gasteiger partial charge in [-0.2, -0.15) is 5.10 Å². The Kier molecular flexibility index (Phi) is 10.8. The monoisotopic (exact) mass is 562 g/mol. The number of nitrogens with two attached hydrogens (primary N) is 2. The quantitative estimate of drug-likeness (QED) is 0.183. The van der Waals surface area contributed by atoms with E-state index in [4.69, 9.17) is 11.5 Å². The third-order valence-corrected chi connectivity index (χ3v) is 6.22. The second-order valence-electron chi connectivity index (χ2n) is 8.20. The van der Waals surface area contributed by atoms with Crippen LogP contribution >= 0.6 is 15.9 Å². The van der Waals surface area contributed by atoms with Gasteiger partial charge in [0.25, 0.3) is 5.91 Å². The molecule has 10 heteroatoms. The molecular weight excluding hydrogens is 532 g/mol. The summed E-state index contributed by atoms with van der Waals surface area (Å²) < 4.78 is 0. The number of halogens is 1. The Morgan fingerprint density at radius 3 is 2.57 bits per heavy atom. The number of nitrogens with zero attached hydrogens (tertiary/aromatic N) is 5. The predicted molar refractivity (Wildman–Crippen MR) is 155 cm³/mol. The van der Waals surface area contributed by atoms with Gasteiger partial charge in [0.2, 0.25) is 0 Å². The summed E-state index contributed by atoms with van der Waals surface area (Å²) in [5.41, 5.74) is 17.7. The molecule has 5 N–H and O–H groups in total. The number of carbonyl (C=O) groups is 1. The maximum atomic E-state index is 12.6. The Balaban J connectivity index is 1.70. The second-order valence-corrected chi connectivity index (χ2v) is 8.65. The smallest absolute Gasteiger partial charge is 0.272 e. The Bertz CT molecular complexity index is 1210. The van der Waals surface area contributed by atoms with E-state index in [0.29, 0.717) is 24.6 Å². The molecule has 1 aromatic heterocycles. The SMILES string of the molecule is C/C=C(\N=CN)C(=O)N1CCC(C=N/C=C(/C=N\N/C(N)=C/Br)c2ccc(-c3ccccc3)nc2)CC1. The zero-order chi connectivity index (χ0) is 26.5. The van der Waals surface area contributed by atoms with Crippen molar-refractivity contribution < 1.29 is 4.79 Å². The molecule has 9 nitrogen and oxygen atoms in total. The maximum Gasteiger partial charge on any atom is 0.272 e. The number of carbonyl (C=O) groups excluding carboxylic acids is 1. The summed E-state index contributed by atoms with van der Waals surface area (Å²) >= 11 is 3.16. The summed E-state index contributed by atoms with van der Waals surface area (Å²) in [7, 11) is 0. The summed E-state index contributed by atoms with van der Waals surface area (Å²) in [4.78, 5) is 29.1. The normalized spacial score (nSPS) is 16.3. The first-order chi connectivity index (χ1) is 18.0. The van der Waals surface area contributed by atoms with E-state index >= 15 is 0 Å². The van der Waals surface area contributed by atoms with Crippen LogP contribution in [-0.2, 0) is 4.79 Å². The zero-order valence-electron chi connectivity index (χ0n) is 20.7. The van der Waals surface area contributed by atoms with Crippen LogP contribution in [0.2, 0.25) is 0 Å². The Morgan fingerprint density at radius 1 is 1.19 bits per heavy atom. The van der Waals surface area contributed by atoms with Crippen LogP contribution in [0.1, 0.15) is 25.3 Å². The van der Waals surface area contributed by atoms with Crippen molar-refractivity contribution in [2.75, 3.05) is 13.1 Å². The highest BCUT2D eigenvalue weighted by Gasteiger charge is 2.23. The van der Waals surface area contributed by atoms with Crippen LogP contribution in [0, 0.1) is 5.92 Å².